The fraction of sp³-hybridized carbons (Fsp3) is 0.0317. The Morgan fingerprint density at radius 1 is 0.323 bits per heavy atom. The highest BCUT2D eigenvalue weighted by atomic mass is 15.1. The molecule has 0 N–H and O–H groups in total. The Morgan fingerprint density at radius 2 is 0.846 bits per heavy atom. The molecule has 0 atom stereocenters. The molecule has 0 aliphatic rings. The summed E-state index contributed by atoms with van der Waals surface area (Å²) < 4.78 is 2.30. The highest BCUT2D eigenvalue weighted by Gasteiger charge is 2.27. The minimum Gasteiger partial charge on any atom is -0.292 e. The molecule has 0 aliphatic carbocycles. The second-order valence-electron chi connectivity index (χ2n) is 17.8. The van der Waals surface area contributed by atoms with E-state index in [2.05, 4.69) is 225 Å². The highest BCUT2D eigenvalue weighted by molar-refractivity contribution is 6.45. The van der Waals surface area contributed by atoms with Crippen molar-refractivity contribution in [2.45, 2.75) is 13.8 Å². The number of hydrogen-bond donors (Lipinski definition) is 0. The van der Waals surface area contributed by atoms with Crippen LogP contribution in [0.2, 0.25) is 0 Å². The maximum absolute atomic E-state index is 5.24. The standard InChI is InChI=1S/C63H40N2/c1-37-34-41(63-64-53-30-14-15-31-54(53)65(63)42-22-10-5-11-23-42)35-38(2)55(37)47-32-33-50-58-46(47)27-17-29-49(58)61-56(39-18-6-3-7-19-39)52-36-51-44-25-13-12-24-43(44)45-26-16-28-48(59(45)51)60(52)57(62(50)61)40-20-8-4-9-21-40/h3-36H,1-2H3. The number of fused-ring (bicyclic) bond motifs is 9. The molecule has 0 aliphatic heterocycles. The summed E-state index contributed by atoms with van der Waals surface area (Å²) in [5, 5.41) is 18.3. The summed E-state index contributed by atoms with van der Waals surface area (Å²) in [6.45, 7) is 4.54. The molecule has 0 radical (unpaired) electrons. The van der Waals surface area contributed by atoms with Crippen LogP contribution < -0.4 is 0 Å². The Labute approximate surface area is 375 Å². The fourth-order valence-corrected chi connectivity index (χ4v) is 11.8. The van der Waals surface area contributed by atoms with Gasteiger partial charge in [0, 0.05) is 11.3 Å². The van der Waals surface area contributed by atoms with Gasteiger partial charge in [0.1, 0.15) is 5.82 Å². The van der Waals surface area contributed by atoms with E-state index in [9.17, 15) is 0 Å². The van der Waals surface area contributed by atoms with Crippen LogP contribution in [-0.4, -0.2) is 9.55 Å². The third-order valence-electron chi connectivity index (χ3n) is 14.3. The van der Waals surface area contributed by atoms with Gasteiger partial charge in [-0.15, -0.1) is 0 Å². The van der Waals surface area contributed by atoms with E-state index in [0.29, 0.717) is 0 Å². The number of aryl methyl sites for hydroxylation is 2. The van der Waals surface area contributed by atoms with Gasteiger partial charge in [0.05, 0.1) is 11.0 Å². The summed E-state index contributed by atoms with van der Waals surface area (Å²) in [5.41, 5.74) is 14.4. The molecule has 1 heterocycles. The predicted octanol–water partition coefficient (Wildman–Crippen LogP) is 17.3. The van der Waals surface area contributed by atoms with Crippen molar-refractivity contribution in [2.24, 2.45) is 0 Å². The summed E-state index contributed by atoms with van der Waals surface area (Å²) in [7, 11) is 0. The Bertz CT molecular complexity index is 4200. The first-order valence-electron chi connectivity index (χ1n) is 22.6. The molecular formula is C63H40N2. The minimum absolute atomic E-state index is 0.950. The van der Waals surface area contributed by atoms with Gasteiger partial charge < -0.3 is 0 Å². The summed E-state index contributed by atoms with van der Waals surface area (Å²) in [5.74, 6) is 0.950. The quantitative estimate of drug-likeness (QED) is 0.158. The molecule has 0 unspecified atom stereocenters. The molecule has 0 bridgehead atoms. The fourth-order valence-electron chi connectivity index (χ4n) is 11.8. The molecule has 1 aromatic heterocycles. The average Bonchev–Trinajstić information content (AvgIpc) is 4.02. The van der Waals surface area contributed by atoms with E-state index in [1.165, 1.54) is 120 Å². The van der Waals surface area contributed by atoms with E-state index in [-0.39, 0.29) is 0 Å². The Morgan fingerprint density at radius 3 is 1.57 bits per heavy atom. The second kappa shape index (κ2) is 13.6. The molecule has 302 valence electrons. The molecule has 0 spiro atoms. The largest absolute Gasteiger partial charge is 0.292 e. The van der Waals surface area contributed by atoms with Gasteiger partial charge in [-0.25, -0.2) is 4.98 Å². The smallest absolute Gasteiger partial charge is 0.145 e. The van der Waals surface area contributed by atoms with E-state index in [0.717, 1.165) is 28.1 Å². The lowest BCUT2D eigenvalue weighted by Crippen LogP contribution is -1.99. The van der Waals surface area contributed by atoms with Gasteiger partial charge in [-0.3, -0.25) is 4.57 Å². The molecule has 14 aromatic rings. The zero-order valence-electron chi connectivity index (χ0n) is 36.0. The van der Waals surface area contributed by atoms with Gasteiger partial charge in [0.2, 0.25) is 0 Å². The van der Waals surface area contributed by atoms with E-state index in [4.69, 9.17) is 4.98 Å². The van der Waals surface area contributed by atoms with Crippen LogP contribution in [-0.2, 0) is 0 Å². The van der Waals surface area contributed by atoms with Gasteiger partial charge in [-0.2, -0.15) is 0 Å². The minimum atomic E-state index is 0.950. The van der Waals surface area contributed by atoms with Crippen LogP contribution >= 0.6 is 0 Å². The summed E-state index contributed by atoms with van der Waals surface area (Å²) in [6.07, 6.45) is 0. The van der Waals surface area contributed by atoms with Crippen molar-refractivity contribution >= 4 is 86.4 Å². The third-order valence-corrected chi connectivity index (χ3v) is 14.3. The van der Waals surface area contributed by atoms with Crippen molar-refractivity contribution in [1.82, 2.24) is 9.55 Å². The van der Waals surface area contributed by atoms with Crippen molar-refractivity contribution in [3.8, 4) is 50.5 Å². The lowest BCUT2D eigenvalue weighted by molar-refractivity contribution is 1.10. The molecule has 2 nitrogen and oxygen atoms in total. The monoisotopic (exact) mass is 824 g/mol. The maximum Gasteiger partial charge on any atom is 0.145 e. The van der Waals surface area contributed by atoms with E-state index in [1.807, 2.05) is 0 Å². The molecule has 65 heavy (non-hydrogen) atoms. The van der Waals surface area contributed by atoms with E-state index >= 15 is 0 Å². The number of benzene rings is 11. The first-order valence-corrected chi connectivity index (χ1v) is 22.6. The van der Waals surface area contributed by atoms with Crippen LogP contribution in [0.15, 0.2) is 206 Å². The van der Waals surface area contributed by atoms with Gasteiger partial charge in [0.15, 0.2) is 0 Å². The zero-order valence-corrected chi connectivity index (χ0v) is 36.0. The number of aromatic nitrogens is 2. The van der Waals surface area contributed by atoms with Crippen molar-refractivity contribution < 1.29 is 0 Å². The molecule has 0 fully saturated rings. The van der Waals surface area contributed by atoms with Crippen LogP contribution in [0.4, 0.5) is 0 Å². The summed E-state index contributed by atoms with van der Waals surface area (Å²) in [6, 6.07) is 76.3. The van der Waals surface area contributed by atoms with Crippen LogP contribution in [0, 0.1) is 13.8 Å². The Balaban J connectivity index is 1.10. The summed E-state index contributed by atoms with van der Waals surface area (Å²) in [4.78, 5) is 5.24. The first kappa shape index (κ1) is 36.2. The number of para-hydroxylation sites is 3. The zero-order chi connectivity index (χ0) is 42.9. The topological polar surface area (TPSA) is 17.8 Å². The molecular weight excluding hydrogens is 785 g/mol. The van der Waals surface area contributed by atoms with Crippen molar-refractivity contribution in [3.05, 3.63) is 217 Å². The second-order valence-corrected chi connectivity index (χ2v) is 17.8. The number of rotatable bonds is 5. The molecule has 0 saturated heterocycles. The normalized spacial score (nSPS) is 12.2. The third kappa shape index (κ3) is 5.02. The van der Waals surface area contributed by atoms with Crippen molar-refractivity contribution in [2.75, 3.05) is 0 Å². The van der Waals surface area contributed by atoms with Crippen molar-refractivity contribution in [3.63, 3.8) is 0 Å². The molecule has 14 rings (SSSR count). The molecule has 0 amide bonds. The van der Waals surface area contributed by atoms with E-state index < -0.39 is 0 Å². The number of imidazole rings is 1. The van der Waals surface area contributed by atoms with Crippen LogP contribution in [0.25, 0.3) is 137 Å². The summed E-state index contributed by atoms with van der Waals surface area (Å²) >= 11 is 0. The highest BCUT2D eigenvalue weighted by Crippen LogP contribution is 2.55. The predicted molar refractivity (Wildman–Crippen MR) is 277 cm³/mol. The SMILES string of the molecule is Cc1cc(-c2nc3ccccc3n2-c2ccccc2)cc(C)c1-c1ccc2c3c(-c4ccccc4)c4c(cc5c6ccccc6c6cccc4c65)c(-c4ccccc4)c3c3cccc1c32. The number of hydrogen-bond acceptors (Lipinski definition) is 1. The molecule has 0 saturated carbocycles. The number of nitrogens with zero attached hydrogens (tertiary/aromatic N) is 2. The van der Waals surface area contributed by atoms with Gasteiger partial charge in [-0.1, -0.05) is 164 Å². The average molecular weight is 825 g/mol. The van der Waals surface area contributed by atoms with E-state index in [1.54, 1.807) is 0 Å². The van der Waals surface area contributed by atoms with Gasteiger partial charge in [-0.05, 0) is 176 Å². The van der Waals surface area contributed by atoms with Crippen LogP contribution in [0.3, 0.4) is 0 Å². The van der Waals surface area contributed by atoms with Crippen LogP contribution in [0.1, 0.15) is 11.1 Å². The first-order chi connectivity index (χ1) is 32.1. The van der Waals surface area contributed by atoms with Gasteiger partial charge >= 0.3 is 0 Å². The maximum atomic E-state index is 5.24. The molecule has 2 heteroatoms. The van der Waals surface area contributed by atoms with Crippen LogP contribution in [0.5, 0.6) is 0 Å². The lowest BCUT2D eigenvalue weighted by Gasteiger charge is -2.19. The van der Waals surface area contributed by atoms with Crippen molar-refractivity contribution in [1.29, 1.82) is 0 Å². The Hall–Kier alpha value is -8.33. The Kier molecular flexibility index (Phi) is 7.56. The molecule has 13 aromatic carbocycles. The van der Waals surface area contributed by atoms with Gasteiger partial charge in [0.25, 0.3) is 0 Å². The lowest BCUT2D eigenvalue weighted by atomic mass is 9.84.